The Morgan fingerprint density at radius 3 is 2.44 bits per heavy atom. The monoisotopic (exact) mass is 289 g/mol. The topological polar surface area (TPSA) is 100 Å². The second-order valence-corrected chi connectivity index (χ2v) is 4.41. The lowest BCUT2D eigenvalue weighted by molar-refractivity contribution is -0.130. The van der Waals surface area contributed by atoms with Crippen LogP contribution >= 0.6 is 23.2 Å². The third-order valence-corrected chi connectivity index (χ3v) is 2.86. The molecule has 7 nitrogen and oxygen atoms in total. The van der Waals surface area contributed by atoms with Gasteiger partial charge in [0.25, 0.3) is 0 Å². The molecule has 0 radical (unpaired) electrons. The fourth-order valence-corrected chi connectivity index (χ4v) is 2.10. The Labute approximate surface area is 112 Å². The molecule has 0 atom stereocenters. The highest BCUT2D eigenvalue weighted by molar-refractivity contribution is 6.37. The quantitative estimate of drug-likeness (QED) is 0.407. The fourth-order valence-electron chi connectivity index (χ4n) is 1.57. The summed E-state index contributed by atoms with van der Waals surface area (Å²) in [6.45, 7) is -0.0196. The van der Waals surface area contributed by atoms with Gasteiger partial charge in [-0.05, 0) is 6.07 Å². The number of nitrogens with one attached hydrogen (secondary N) is 2. The van der Waals surface area contributed by atoms with Crippen molar-refractivity contribution in [2.24, 2.45) is 5.84 Å². The van der Waals surface area contributed by atoms with Gasteiger partial charge in [0.15, 0.2) is 11.6 Å². The van der Waals surface area contributed by atoms with Crippen LogP contribution in [0.3, 0.4) is 0 Å². The number of imide groups is 1. The number of nitrogens with two attached hydrogens (primary N) is 1. The van der Waals surface area contributed by atoms with Gasteiger partial charge in [-0.15, -0.1) is 0 Å². The van der Waals surface area contributed by atoms with Crippen molar-refractivity contribution in [1.82, 2.24) is 10.3 Å². The number of carbonyl (C=O) groups excluding carboxylic acids is 2. The van der Waals surface area contributed by atoms with Crippen LogP contribution < -0.4 is 21.5 Å². The molecule has 0 aromatic carbocycles. The Bertz CT molecular complexity index is 506. The summed E-state index contributed by atoms with van der Waals surface area (Å²) in [6.07, 6.45) is 0. The van der Waals surface area contributed by atoms with Gasteiger partial charge in [-0.25, -0.2) is 10.8 Å². The van der Waals surface area contributed by atoms with E-state index in [0.29, 0.717) is 0 Å². The van der Waals surface area contributed by atoms with Crippen LogP contribution in [0.4, 0.5) is 11.6 Å². The lowest BCUT2D eigenvalue weighted by atomic mass is 10.3. The predicted molar refractivity (Wildman–Crippen MR) is 67.4 cm³/mol. The van der Waals surface area contributed by atoms with Crippen molar-refractivity contribution < 1.29 is 9.59 Å². The first kappa shape index (κ1) is 12.9. The van der Waals surface area contributed by atoms with E-state index < -0.39 is 11.8 Å². The highest BCUT2D eigenvalue weighted by atomic mass is 35.5. The van der Waals surface area contributed by atoms with Gasteiger partial charge in [0.05, 0.1) is 23.1 Å². The highest BCUT2D eigenvalue weighted by Gasteiger charge is 2.25. The molecule has 18 heavy (non-hydrogen) atoms. The maximum absolute atomic E-state index is 11.3. The summed E-state index contributed by atoms with van der Waals surface area (Å²) in [4.78, 5) is 28.1. The van der Waals surface area contributed by atoms with E-state index in [1.807, 2.05) is 0 Å². The molecule has 96 valence electrons. The van der Waals surface area contributed by atoms with Gasteiger partial charge in [-0.3, -0.25) is 14.9 Å². The Kier molecular flexibility index (Phi) is 3.55. The molecule has 0 saturated carbocycles. The number of hydrazine groups is 1. The average molecular weight is 290 g/mol. The van der Waals surface area contributed by atoms with Gasteiger partial charge in [0, 0.05) is 0 Å². The van der Waals surface area contributed by atoms with Gasteiger partial charge in [0.2, 0.25) is 11.8 Å². The standard InChI is InChI=1S/C9H9Cl2N5O2/c10-4-1-5(11)9(14-8(4)15-12)16-2-6(17)13-7(18)3-16/h1H,2-3,12H2,(H,14,15)(H,13,17,18). The maximum Gasteiger partial charge on any atom is 0.246 e. The first-order valence-corrected chi connectivity index (χ1v) is 5.67. The van der Waals surface area contributed by atoms with Crippen LogP contribution in [0.25, 0.3) is 0 Å². The van der Waals surface area contributed by atoms with E-state index in [4.69, 9.17) is 29.0 Å². The van der Waals surface area contributed by atoms with Gasteiger partial charge in [-0.1, -0.05) is 23.2 Å². The summed E-state index contributed by atoms with van der Waals surface area (Å²) in [5.74, 6) is 4.91. The van der Waals surface area contributed by atoms with Crippen molar-refractivity contribution >= 4 is 46.7 Å². The molecular weight excluding hydrogens is 281 g/mol. The first-order chi connectivity index (χ1) is 8.51. The molecule has 2 heterocycles. The number of aromatic nitrogens is 1. The van der Waals surface area contributed by atoms with Crippen molar-refractivity contribution in [1.29, 1.82) is 0 Å². The normalized spacial score (nSPS) is 15.6. The van der Waals surface area contributed by atoms with E-state index >= 15 is 0 Å². The zero-order valence-corrected chi connectivity index (χ0v) is 10.5. The van der Waals surface area contributed by atoms with Crippen molar-refractivity contribution in [3.05, 3.63) is 16.1 Å². The Morgan fingerprint density at radius 2 is 1.89 bits per heavy atom. The van der Waals surface area contributed by atoms with Crippen LogP contribution in [-0.4, -0.2) is 29.9 Å². The molecule has 2 amide bonds. The molecule has 1 aromatic rings. The summed E-state index contributed by atoms with van der Waals surface area (Å²) in [5, 5.41) is 2.67. The number of hydrogen-bond acceptors (Lipinski definition) is 6. The number of hydrogen-bond donors (Lipinski definition) is 3. The minimum absolute atomic E-state index is 0.00982. The number of anilines is 2. The number of amides is 2. The van der Waals surface area contributed by atoms with Gasteiger partial charge in [-0.2, -0.15) is 0 Å². The molecule has 4 N–H and O–H groups in total. The number of nitrogen functional groups attached to an aromatic ring is 1. The Hall–Kier alpha value is -1.57. The predicted octanol–water partition coefficient (Wildman–Crippen LogP) is 0.137. The number of nitrogens with zero attached hydrogens (tertiary/aromatic N) is 2. The number of carbonyl (C=O) groups is 2. The molecule has 1 aliphatic rings. The van der Waals surface area contributed by atoms with Gasteiger partial charge in [0.1, 0.15) is 0 Å². The van der Waals surface area contributed by atoms with Crippen molar-refractivity contribution in [3.8, 4) is 0 Å². The lowest BCUT2D eigenvalue weighted by Crippen LogP contribution is -2.51. The maximum atomic E-state index is 11.3. The van der Waals surface area contributed by atoms with Crippen LogP contribution in [-0.2, 0) is 9.59 Å². The molecular formula is C9H9Cl2N5O2. The minimum Gasteiger partial charge on any atom is -0.337 e. The molecule has 1 saturated heterocycles. The van der Waals surface area contributed by atoms with Crippen LogP contribution in [0, 0.1) is 0 Å². The van der Waals surface area contributed by atoms with Crippen molar-refractivity contribution in [2.75, 3.05) is 23.4 Å². The zero-order valence-electron chi connectivity index (χ0n) is 9.04. The van der Waals surface area contributed by atoms with Gasteiger partial charge >= 0.3 is 0 Å². The number of pyridine rings is 1. The van der Waals surface area contributed by atoms with Crippen LogP contribution in [0.15, 0.2) is 6.07 Å². The number of piperazine rings is 1. The molecule has 0 aliphatic carbocycles. The van der Waals surface area contributed by atoms with E-state index in [2.05, 4.69) is 15.7 Å². The molecule has 1 aliphatic heterocycles. The van der Waals surface area contributed by atoms with Crippen LogP contribution in [0.5, 0.6) is 0 Å². The zero-order chi connectivity index (χ0) is 13.3. The Balaban J connectivity index is 2.38. The highest BCUT2D eigenvalue weighted by Crippen LogP contribution is 2.31. The van der Waals surface area contributed by atoms with E-state index in [9.17, 15) is 9.59 Å². The smallest absolute Gasteiger partial charge is 0.246 e. The summed E-state index contributed by atoms with van der Waals surface area (Å²) in [6, 6.07) is 1.44. The molecule has 0 bridgehead atoms. The van der Waals surface area contributed by atoms with Gasteiger partial charge < -0.3 is 10.3 Å². The molecule has 2 rings (SSSR count). The largest absolute Gasteiger partial charge is 0.337 e. The number of rotatable bonds is 2. The second kappa shape index (κ2) is 4.97. The third kappa shape index (κ3) is 2.47. The summed E-state index contributed by atoms with van der Waals surface area (Å²) in [5.41, 5.74) is 2.31. The fraction of sp³-hybridized carbons (Fsp3) is 0.222. The van der Waals surface area contributed by atoms with Crippen molar-refractivity contribution in [3.63, 3.8) is 0 Å². The molecule has 0 unspecified atom stereocenters. The van der Waals surface area contributed by atoms with Crippen molar-refractivity contribution in [2.45, 2.75) is 0 Å². The van der Waals surface area contributed by atoms with Crippen LogP contribution in [0.1, 0.15) is 0 Å². The lowest BCUT2D eigenvalue weighted by Gasteiger charge is -2.27. The average Bonchev–Trinajstić information content (AvgIpc) is 2.27. The second-order valence-electron chi connectivity index (χ2n) is 3.60. The Morgan fingerprint density at radius 1 is 1.28 bits per heavy atom. The van der Waals surface area contributed by atoms with E-state index in [1.165, 1.54) is 11.0 Å². The molecule has 0 spiro atoms. The summed E-state index contributed by atoms with van der Waals surface area (Å²) < 4.78 is 0. The molecule has 1 aromatic heterocycles. The SMILES string of the molecule is NNc1nc(N2CC(=O)NC(=O)C2)c(Cl)cc1Cl. The summed E-state index contributed by atoms with van der Waals surface area (Å²) in [7, 11) is 0. The summed E-state index contributed by atoms with van der Waals surface area (Å²) >= 11 is 11.8. The molecule has 9 heteroatoms. The minimum atomic E-state index is -0.415. The number of halogens is 2. The van der Waals surface area contributed by atoms with E-state index in [0.717, 1.165) is 0 Å². The first-order valence-electron chi connectivity index (χ1n) is 4.91. The third-order valence-electron chi connectivity index (χ3n) is 2.30. The van der Waals surface area contributed by atoms with E-state index in [-0.39, 0.29) is 34.8 Å². The molecule has 1 fully saturated rings. The van der Waals surface area contributed by atoms with E-state index in [1.54, 1.807) is 0 Å². The van der Waals surface area contributed by atoms with Crippen LogP contribution in [0.2, 0.25) is 10.0 Å².